The van der Waals surface area contributed by atoms with E-state index in [1.807, 2.05) is 24.3 Å². The third-order valence-electron chi connectivity index (χ3n) is 4.69. The van der Waals surface area contributed by atoms with Crippen molar-refractivity contribution in [2.75, 3.05) is 11.9 Å². The van der Waals surface area contributed by atoms with Crippen LogP contribution in [0.15, 0.2) is 41.8 Å². The third kappa shape index (κ3) is 2.76. The van der Waals surface area contributed by atoms with Crippen molar-refractivity contribution in [3.8, 4) is 0 Å². The molecule has 5 nitrogen and oxygen atoms in total. The predicted molar refractivity (Wildman–Crippen MR) is 105 cm³/mol. The summed E-state index contributed by atoms with van der Waals surface area (Å²) >= 11 is 1.57. The molecule has 2 aromatic heterocycles. The van der Waals surface area contributed by atoms with Crippen LogP contribution in [0, 0.1) is 0 Å². The van der Waals surface area contributed by atoms with E-state index in [2.05, 4.69) is 22.4 Å². The Hall–Kier alpha value is -2.73. The smallest absolute Gasteiger partial charge is 0.196 e. The number of thiophene rings is 1. The van der Waals surface area contributed by atoms with Crippen LogP contribution in [0.4, 0.5) is 5.00 Å². The number of carbonyl (C=O) groups excluding carboxylic acids is 1. The minimum absolute atomic E-state index is 0.0123. The number of benzene rings is 1. The molecule has 0 saturated heterocycles. The molecule has 2 heterocycles. The van der Waals surface area contributed by atoms with Crippen LogP contribution in [0.25, 0.3) is 10.1 Å². The van der Waals surface area contributed by atoms with E-state index in [1.54, 1.807) is 23.7 Å². The van der Waals surface area contributed by atoms with Crippen LogP contribution >= 0.6 is 11.3 Å². The van der Waals surface area contributed by atoms with E-state index >= 15 is 0 Å². The molecule has 0 radical (unpaired) electrons. The molecule has 0 unspecified atom stereocenters. The lowest BCUT2D eigenvalue weighted by atomic mass is 9.98. The molecule has 2 N–H and O–H groups in total. The van der Waals surface area contributed by atoms with Crippen LogP contribution in [0.5, 0.6) is 0 Å². The molecule has 0 saturated carbocycles. The highest BCUT2D eigenvalue weighted by Gasteiger charge is 2.24. The Morgan fingerprint density at radius 3 is 3.04 bits per heavy atom. The van der Waals surface area contributed by atoms with Crippen LogP contribution in [-0.2, 0) is 6.42 Å². The Bertz CT molecular complexity index is 1020. The number of aryl methyl sites for hydroxylation is 1. The van der Waals surface area contributed by atoms with Crippen LogP contribution < -0.4 is 5.32 Å². The van der Waals surface area contributed by atoms with Gasteiger partial charge in [-0.3, -0.25) is 9.78 Å². The number of nitrogens with zero attached hydrogens (tertiary/aromatic N) is 2. The van der Waals surface area contributed by atoms with Gasteiger partial charge >= 0.3 is 0 Å². The fourth-order valence-corrected chi connectivity index (χ4v) is 4.49. The Morgan fingerprint density at radius 1 is 1.35 bits per heavy atom. The highest BCUT2D eigenvalue weighted by atomic mass is 32.1. The second kappa shape index (κ2) is 6.88. The maximum atomic E-state index is 13.3. The lowest BCUT2D eigenvalue weighted by Crippen LogP contribution is -2.07. The zero-order chi connectivity index (χ0) is 18.1. The Labute approximate surface area is 155 Å². The molecular formula is C20H19N3O2S. The van der Waals surface area contributed by atoms with Gasteiger partial charge in [0.15, 0.2) is 5.78 Å². The summed E-state index contributed by atoms with van der Waals surface area (Å²) in [6.45, 7) is 2.92. The number of fused-ring (bicyclic) bond motifs is 2. The largest absolute Gasteiger partial charge is 0.411 e. The van der Waals surface area contributed by atoms with E-state index < -0.39 is 0 Å². The number of pyridine rings is 1. The lowest BCUT2D eigenvalue weighted by Gasteiger charge is -2.08. The monoisotopic (exact) mass is 365 g/mol. The molecular weight excluding hydrogens is 346 g/mol. The number of nitrogens with one attached hydrogen (secondary N) is 1. The van der Waals surface area contributed by atoms with E-state index in [1.165, 1.54) is 0 Å². The van der Waals surface area contributed by atoms with Crippen LogP contribution in [0.1, 0.15) is 46.8 Å². The molecule has 4 rings (SSSR count). The molecule has 26 heavy (non-hydrogen) atoms. The highest BCUT2D eigenvalue weighted by molar-refractivity contribution is 7.23. The number of hydrogen-bond donors (Lipinski definition) is 2. The topological polar surface area (TPSA) is 74.6 Å². The van der Waals surface area contributed by atoms with E-state index in [4.69, 9.17) is 5.21 Å². The van der Waals surface area contributed by atoms with E-state index in [9.17, 15) is 4.79 Å². The van der Waals surface area contributed by atoms with Crippen molar-refractivity contribution < 1.29 is 10.0 Å². The number of rotatable bonds is 5. The molecule has 3 aromatic rings. The molecule has 1 aliphatic carbocycles. The van der Waals surface area contributed by atoms with Crippen molar-refractivity contribution in [2.24, 2.45) is 5.16 Å². The molecule has 0 bridgehead atoms. The summed E-state index contributed by atoms with van der Waals surface area (Å²) in [6, 6.07) is 7.55. The molecule has 0 spiro atoms. The fourth-order valence-electron chi connectivity index (χ4n) is 3.40. The first-order chi connectivity index (χ1) is 12.7. The SMILES string of the molecule is CCCNc1sc2cnccc2c1C(=O)c1ccc2c(c1)CCC2=NO. The quantitative estimate of drug-likeness (QED) is 0.397. The minimum atomic E-state index is 0.0123. The number of hydrogen-bond acceptors (Lipinski definition) is 6. The maximum Gasteiger partial charge on any atom is 0.196 e. The summed E-state index contributed by atoms with van der Waals surface area (Å²) in [6.07, 6.45) is 6.02. The maximum absolute atomic E-state index is 13.3. The first kappa shape index (κ1) is 16.7. The van der Waals surface area contributed by atoms with Crippen LogP contribution in [0.3, 0.4) is 0 Å². The standard InChI is InChI=1S/C20H19N3O2S/c1-2-8-22-20-18(15-7-9-21-11-17(15)26-20)19(24)13-3-5-14-12(10-13)4-6-16(14)23-25/h3,5,7,9-11,22,25H,2,4,6,8H2,1H3. The summed E-state index contributed by atoms with van der Waals surface area (Å²) < 4.78 is 1.00. The van der Waals surface area contributed by atoms with Gasteiger partial charge in [0.25, 0.3) is 0 Å². The Kier molecular flexibility index (Phi) is 4.42. The van der Waals surface area contributed by atoms with Gasteiger partial charge in [-0.2, -0.15) is 0 Å². The fraction of sp³-hybridized carbons (Fsp3) is 0.250. The predicted octanol–water partition coefficient (Wildman–Crippen LogP) is 4.47. The first-order valence-electron chi connectivity index (χ1n) is 8.72. The number of anilines is 1. The van der Waals surface area contributed by atoms with Crippen molar-refractivity contribution >= 4 is 37.9 Å². The molecule has 1 aliphatic rings. The summed E-state index contributed by atoms with van der Waals surface area (Å²) in [5.74, 6) is 0.0123. The number of ketones is 1. The van der Waals surface area contributed by atoms with Crippen molar-refractivity contribution in [1.82, 2.24) is 4.98 Å². The lowest BCUT2D eigenvalue weighted by molar-refractivity contribution is 0.104. The van der Waals surface area contributed by atoms with Gasteiger partial charge in [-0.25, -0.2) is 0 Å². The van der Waals surface area contributed by atoms with Gasteiger partial charge in [0, 0.05) is 35.5 Å². The van der Waals surface area contributed by atoms with Crippen molar-refractivity contribution in [3.63, 3.8) is 0 Å². The molecule has 0 atom stereocenters. The van der Waals surface area contributed by atoms with Gasteiger partial charge in [0.05, 0.1) is 16.0 Å². The van der Waals surface area contributed by atoms with E-state index in [0.717, 1.165) is 51.2 Å². The summed E-state index contributed by atoms with van der Waals surface area (Å²) in [4.78, 5) is 17.5. The second-order valence-corrected chi connectivity index (χ2v) is 7.40. The normalized spacial score (nSPS) is 14.7. The number of carbonyl (C=O) groups is 1. The van der Waals surface area contributed by atoms with Gasteiger partial charge < -0.3 is 10.5 Å². The average Bonchev–Trinajstić information content (AvgIpc) is 3.25. The molecule has 132 valence electrons. The van der Waals surface area contributed by atoms with Crippen LogP contribution in [-0.4, -0.2) is 28.2 Å². The summed E-state index contributed by atoms with van der Waals surface area (Å²) in [5, 5.41) is 17.7. The van der Waals surface area contributed by atoms with E-state index in [0.29, 0.717) is 17.7 Å². The van der Waals surface area contributed by atoms with Gasteiger partial charge in [-0.05, 0) is 37.0 Å². The van der Waals surface area contributed by atoms with Gasteiger partial charge in [0.2, 0.25) is 0 Å². The minimum Gasteiger partial charge on any atom is -0.411 e. The van der Waals surface area contributed by atoms with Crippen LogP contribution in [0.2, 0.25) is 0 Å². The molecule has 0 aliphatic heterocycles. The summed E-state index contributed by atoms with van der Waals surface area (Å²) in [5.41, 5.74) is 4.07. The van der Waals surface area contributed by atoms with Crippen molar-refractivity contribution in [3.05, 3.63) is 58.9 Å². The van der Waals surface area contributed by atoms with Crippen molar-refractivity contribution in [1.29, 1.82) is 0 Å². The average molecular weight is 365 g/mol. The second-order valence-electron chi connectivity index (χ2n) is 6.35. The Balaban J connectivity index is 1.79. The first-order valence-corrected chi connectivity index (χ1v) is 9.54. The third-order valence-corrected chi connectivity index (χ3v) is 5.78. The van der Waals surface area contributed by atoms with Crippen molar-refractivity contribution in [2.45, 2.75) is 26.2 Å². The molecule has 1 aromatic carbocycles. The van der Waals surface area contributed by atoms with Gasteiger partial charge in [-0.15, -0.1) is 11.3 Å². The highest BCUT2D eigenvalue weighted by Crippen LogP contribution is 2.37. The van der Waals surface area contributed by atoms with Gasteiger partial charge in [0.1, 0.15) is 5.00 Å². The zero-order valence-corrected chi connectivity index (χ0v) is 15.3. The van der Waals surface area contributed by atoms with E-state index in [-0.39, 0.29) is 5.78 Å². The Morgan fingerprint density at radius 2 is 2.23 bits per heavy atom. The summed E-state index contributed by atoms with van der Waals surface area (Å²) in [7, 11) is 0. The van der Waals surface area contributed by atoms with Gasteiger partial charge in [-0.1, -0.05) is 24.2 Å². The molecule has 6 heteroatoms. The number of aromatic nitrogens is 1. The number of oxime groups is 1. The molecule has 0 amide bonds. The molecule has 0 fully saturated rings. The zero-order valence-electron chi connectivity index (χ0n) is 14.5.